The number of nitrogens with zero attached hydrogens (tertiary/aromatic N) is 2. The Labute approximate surface area is 88.3 Å². The van der Waals surface area contributed by atoms with E-state index in [2.05, 4.69) is 5.10 Å². The molecule has 3 nitrogen and oxygen atoms in total. The summed E-state index contributed by atoms with van der Waals surface area (Å²) in [5.41, 5.74) is 2.58. The molecule has 0 atom stereocenters. The summed E-state index contributed by atoms with van der Waals surface area (Å²) < 4.78 is 1.87. The maximum Gasteiger partial charge on any atom is 0.0906 e. The first kappa shape index (κ1) is 8.92. The third kappa shape index (κ3) is 1.13. The van der Waals surface area contributed by atoms with Crippen LogP contribution in [0, 0.1) is 6.92 Å². The van der Waals surface area contributed by atoms with Crippen molar-refractivity contribution in [2.75, 3.05) is 0 Å². The van der Waals surface area contributed by atoms with Crippen LogP contribution in [0.1, 0.15) is 24.1 Å². The van der Waals surface area contributed by atoms with Gasteiger partial charge in [0.15, 0.2) is 0 Å². The summed E-state index contributed by atoms with van der Waals surface area (Å²) in [6.07, 6.45) is 1.75. The SMILES string of the molecule is Cc1nn(C)c2cccc(C3(O)CC3)c12. The fourth-order valence-electron chi connectivity index (χ4n) is 2.29. The van der Waals surface area contributed by atoms with Crippen LogP contribution in [0.5, 0.6) is 0 Å². The molecule has 1 aliphatic rings. The van der Waals surface area contributed by atoms with Crippen molar-refractivity contribution >= 4 is 10.9 Å². The molecule has 1 N–H and O–H groups in total. The highest BCUT2D eigenvalue weighted by atomic mass is 16.3. The molecule has 1 aromatic carbocycles. The first-order valence-corrected chi connectivity index (χ1v) is 5.27. The molecule has 0 saturated heterocycles. The summed E-state index contributed by atoms with van der Waals surface area (Å²) in [7, 11) is 1.94. The second kappa shape index (κ2) is 2.61. The fourth-order valence-corrected chi connectivity index (χ4v) is 2.29. The Kier molecular flexibility index (Phi) is 1.55. The predicted molar refractivity (Wildman–Crippen MR) is 58.6 cm³/mol. The molecule has 1 aromatic heterocycles. The molecule has 3 heteroatoms. The Morgan fingerprint density at radius 3 is 2.80 bits per heavy atom. The van der Waals surface area contributed by atoms with E-state index in [1.165, 1.54) is 0 Å². The predicted octanol–water partition coefficient (Wildman–Crippen LogP) is 1.86. The molecule has 0 unspecified atom stereocenters. The van der Waals surface area contributed by atoms with Crippen molar-refractivity contribution in [3.63, 3.8) is 0 Å². The second-order valence-electron chi connectivity index (χ2n) is 4.44. The zero-order valence-electron chi connectivity index (χ0n) is 8.99. The Balaban J connectivity index is 2.39. The average Bonchev–Trinajstić information content (AvgIpc) is 2.89. The van der Waals surface area contributed by atoms with Gasteiger partial charge in [-0.3, -0.25) is 4.68 Å². The number of benzene rings is 1. The lowest BCUT2D eigenvalue weighted by Gasteiger charge is -2.09. The quantitative estimate of drug-likeness (QED) is 0.766. The largest absolute Gasteiger partial charge is 0.385 e. The molecular weight excluding hydrogens is 188 g/mol. The molecule has 1 aliphatic carbocycles. The topological polar surface area (TPSA) is 38.0 Å². The zero-order chi connectivity index (χ0) is 10.6. The number of hydrogen-bond acceptors (Lipinski definition) is 2. The smallest absolute Gasteiger partial charge is 0.0906 e. The summed E-state index contributed by atoms with van der Waals surface area (Å²) in [6.45, 7) is 2.00. The van der Waals surface area contributed by atoms with E-state index >= 15 is 0 Å². The molecule has 0 spiro atoms. The monoisotopic (exact) mass is 202 g/mol. The summed E-state index contributed by atoms with van der Waals surface area (Å²) in [5, 5.41) is 15.7. The first-order chi connectivity index (χ1) is 7.12. The van der Waals surface area contributed by atoms with Crippen molar-refractivity contribution in [2.24, 2.45) is 7.05 Å². The number of aryl methyl sites for hydroxylation is 2. The van der Waals surface area contributed by atoms with Crippen molar-refractivity contribution in [3.8, 4) is 0 Å². The molecule has 78 valence electrons. The molecule has 0 amide bonds. The van der Waals surface area contributed by atoms with Crippen molar-refractivity contribution in [1.29, 1.82) is 0 Å². The third-order valence-electron chi connectivity index (χ3n) is 3.28. The van der Waals surface area contributed by atoms with Crippen LogP contribution >= 0.6 is 0 Å². The second-order valence-corrected chi connectivity index (χ2v) is 4.44. The van der Waals surface area contributed by atoms with Crippen molar-refractivity contribution in [3.05, 3.63) is 29.5 Å². The fraction of sp³-hybridized carbons (Fsp3) is 0.417. The van der Waals surface area contributed by atoms with Crippen LogP contribution in [0.2, 0.25) is 0 Å². The van der Waals surface area contributed by atoms with Crippen LogP contribution in [-0.4, -0.2) is 14.9 Å². The van der Waals surface area contributed by atoms with Gasteiger partial charge in [-0.15, -0.1) is 0 Å². The van der Waals surface area contributed by atoms with Crippen LogP contribution < -0.4 is 0 Å². The number of aliphatic hydroxyl groups is 1. The molecule has 0 radical (unpaired) electrons. The van der Waals surface area contributed by atoms with E-state index in [1.54, 1.807) is 0 Å². The van der Waals surface area contributed by atoms with Gasteiger partial charge in [0.2, 0.25) is 0 Å². The number of fused-ring (bicyclic) bond motifs is 1. The Bertz CT molecular complexity index is 538. The molecule has 15 heavy (non-hydrogen) atoms. The van der Waals surface area contributed by atoms with E-state index < -0.39 is 5.60 Å². The van der Waals surface area contributed by atoms with Crippen molar-refractivity contribution in [1.82, 2.24) is 9.78 Å². The number of rotatable bonds is 1. The molecular formula is C12H14N2O. The van der Waals surface area contributed by atoms with Crippen molar-refractivity contribution < 1.29 is 5.11 Å². The lowest BCUT2D eigenvalue weighted by Crippen LogP contribution is -2.04. The molecule has 0 aliphatic heterocycles. The van der Waals surface area contributed by atoms with E-state index in [1.807, 2.05) is 36.9 Å². The van der Waals surface area contributed by atoms with Gasteiger partial charge in [0.25, 0.3) is 0 Å². The van der Waals surface area contributed by atoms with Gasteiger partial charge in [-0.05, 0) is 31.4 Å². The van der Waals surface area contributed by atoms with Gasteiger partial charge >= 0.3 is 0 Å². The summed E-state index contributed by atoms with van der Waals surface area (Å²) >= 11 is 0. The molecule has 2 aromatic rings. The highest BCUT2D eigenvalue weighted by Crippen LogP contribution is 2.48. The molecule has 1 saturated carbocycles. The zero-order valence-corrected chi connectivity index (χ0v) is 8.99. The van der Waals surface area contributed by atoms with Gasteiger partial charge in [-0.25, -0.2) is 0 Å². The number of aromatic nitrogens is 2. The molecule has 1 heterocycles. The third-order valence-corrected chi connectivity index (χ3v) is 3.28. The Morgan fingerprint density at radius 1 is 1.40 bits per heavy atom. The minimum atomic E-state index is -0.576. The summed E-state index contributed by atoms with van der Waals surface area (Å²) in [4.78, 5) is 0. The highest BCUT2D eigenvalue weighted by Gasteiger charge is 2.43. The van der Waals surface area contributed by atoms with Crippen LogP contribution in [0.4, 0.5) is 0 Å². The summed E-state index contributed by atoms with van der Waals surface area (Å²) in [5.74, 6) is 0. The summed E-state index contributed by atoms with van der Waals surface area (Å²) in [6, 6.07) is 6.06. The van der Waals surface area contributed by atoms with Crippen molar-refractivity contribution in [2.45, 2.75) is 25.4 Å². The van der Waals surface area contributed by atoms with Crippen LogP contribution in [0.15, 0.2) is 18.2 Å². The van der Waals surface area contributed by atoms with Gasteiger partial charge in [0, 0.05) is 12.4 Å². The maximum absolute atomic E-state index is 10.2. The van der Waals surface area contributed by atoms with E-state index in [9.17, 15) is 5.11 Å². The maximum atomic E-state index is 10.2. The standard InChI is InChI=1S/C12H14N2O/c1-8-11-9(12(15)6-7-12)4-3-5-10(11)14(2)13-8/h3-5,15H,6-7H2,1-2H3. The Hall–Kier alpha value is -1.35. The van der Waals surface area contributed by atoms with E-state index in [-0.39, 0.29) is 0 Å². The van der Waals surface area contributed by atoms with Crippen LogP contribution in [0.25, 0.3) is 10.9 Å². The lowest BCUT2D eigenvalue weighted by molar-refractivity contribution is 0.153. The normalized spacial score (nSPS) is 18.3. The minimum absolute atomic E-state index is 0.576. The van der Waals surface area contributed by atoms with Gasteiger partial charge in [0.05, 0.1) is 16.8 Å². The molecule has 1 fully saturated rings. The minimum Gasteiger partial charge on any atom is -0.385 e. The van der Waals surface area contributed by atoms with E-state index in [0.29, 0.717) is 0 Å². The highest BCUT2D eigenvalue weighted by molar-refractivity contribution is 5.86. The van der Waals surface area contributed by atoms with E-state index in [0.717, 1.165) is 35.0 Å². The number of hydrogen-bond donors (Lipinski definition) is 1. The van der Waals surface area contributed by atoms with Gasteiger partial charge in [0.1, 0.15) is 0 Å². The van der Waals surface area contributed by atoms with Gasteiger partial charge in [-0.1, -0.05) is 12.1 Å². The average molecular weight is 202 g/mol. The van der Waals surface area contributed by atoms with Crippen LogP contribution in [-0.2, 0) is 12.6 Å². The Morgan fingerprint density at radius 2 is 2.13 bits per heavy atom. The first-order valence-electron chi connectivity index (χ1n) is 5.27. The van der Waals surface area contributed by atoms with Crippen LogP contribution in [0.3, 0.4) is 0 Å². The van der Waals surface area contributed by atoms with Gasteiger partial charge in [-0.2, -0.15) is 5.10 Å². The van der Waals surface area contributed by atoms with E-state index in [4.69, 9.17) is 0 Å². The van der Waals surface area contributed by atoms with Gasteiger partial charge < -0.3 is 5.11 Å². The molecule has 3 rings (SSSR count). The molecule has 0 bridgehead atoms. The lowest BCUT2D eigenvalue weighted by atomic mass is 10.0.